The molecule has 116 valence electrons. The van der Waals surface area contributed by atoms with Crippen LogP contribution in [0, 0.1) is 0 Å². The van der Waals surface area contributed by atoms with Crippen LogP contribution in [0.3, 0.4) is 0 Å². The van der Waals surface area contributed by atoms with Crippen molar-refractivity contribution < 1.29 is 8.85 Å². The lowest BCUT2D eigenvalue weighted by Gasteiger charge is -2.30. The molecule has 0 spiro atoms. The highest BCUT2D eigenvalue weighted by molar-refractivity contribution is 6.67. The van der Waals surface area contributed by atoms with E-state index in [9.17, 15) is 0 Å². The van der Waals surface area contributed by atoms with Gasteiger partial charge in [-0.2, -0.15) is 0 Å². The zero-order chi connectivity index (χ0) is 14.7. The van der Waals surface area contributed by atoms with Crippen LogP contribution in [0.5, 0.6) is 0 Å². The third-order valence-electron chi connectivity index (χ3n) is 3.63. The summed E-state index contributed by atoms with van der Waals surface area (Å²) in [4.78, 5) is 0. The molecule has 4 nitrogen and oxygen atoms in total. The minimum atomic E-state index is -2.08. The van der Waals surface area contributed by atoms with Crippen LogP contribution in [-0.2, 0) is 8.85 Å². The SMILES string of the molecule is CCO[Si](C)(OCC)C(N)CC.N[SiH]1CCCCC1. The second-order valence-electron chi connectivity index (χ2n) is 5.29. The lowest BCUT2D eigenvalue weighted by Crippen LogP contribution is -2.55. The van der Waals surface area contributed by atoms with Crippen molar-refractivity contribution in [1.82, 2.24) is 0 Å². The highest BCUT2D eigenvalue weighted by atomic mass is 28.4. The Morgan fingerprint density at radius 1 is 1.05 bits per heavy atom. The van der Waals surface area contributed by atoms with Crippen molar-refractivity contribution in [2.45, 2.75) is 70.8 Å². The fraction of sp³-hybridized carbons (Fsp3) is 1.00. The number of rotatable bonds is 6. The van der Waals surface area contributed by atoms with Gasteiger partial charge in [0, 0.05) is 18.9 Å². The van der Waals surface area contributed by atoms with Crippen LogP contribution in [0.15, 0.2) is 0 Å². The van der Waals surface area contributed by atoms with Crippen LogP contribution in [-0.4, -0.2) is 36.4 Å². The molecule has 0 aliphatic carbocycles. The van der Waals surface area contributed by atoms with Crippen molar-refractivity contribution in [3.05, 3.63) is 0 Å². The number of hydrogen-bond acceptors (Lipinski definition) is 4. The first kappa shape index (κ1) is 19.3. The maximum absolute atomic E-state index is 5.94. The van der Waals surface area contributed by atoms with Crippen LogP contribution in [0.2, 0.25) is 18.6 Å². The first-order valence-electron chi connectivity index (χ1n) is 7.79. The van der Waals surface area contributed by atoms with Gasteiger partial charge < -0.3 is 20.0 Å². The fourth-order valence-corrected chi connectivity index (χ4v) is 6.65. The van der Waals surface area contributed by atoms with E-state index >= 15 is 0 Å². The predicted octanol–water partition coefficient (Wildman–Crippen LogP) is 2.26. The van der Waals surface area contributed by atoms with Gasteiger partial charge in [-0.3, -0.25) is 0 Å². The molecule has 0 saturated carbocycles. The van der Waals surface area contributed by atoms with E-state index in [1.54, 1.807) is 0 Å². The molecular formula is C13H34N2O2Si2. The van der Waals surface area contributed by atoms with Gasteiger partial charge in [0.25, 0.3) is 0 Å². The van der Waals surface area contributed by atoms with E-state index in [0.717, 1.165) is 6.42 Å². The smallest absolute Gasteiger partial charge is 0.352 e. The van der Waals surface area contributed by atoms with Crippen molar-refractivity contribution in [3.63, 3.8) is 0 Å². The number of nitrogens with two attached hydrogens (primary N) is 2. The lowest BCUT2D eigenvalue weighted by atomic mass is 10.3. The molecule has 19 heavy (non-hydrogen) atoms. The third-order valence-corrected chi connectivity index (χ3v) is 9.40. The summed E-state index contributed by atoms with van der Waals surface area (Å²) in [7, 11) is -2.67. The van der Waals surface area contributed by atoms with E-state index in [1.165, 1.54) is 31.4 Å². The third kappa shape index (κ3) is 8.21. The van der Waals surface area contributed by atoms with Crippen LogP contribution < -0.4 is 11.1 Å². The molecule has 0 radical (unpaired) electrons. The van der Waals surface area contributed by atoms with Crippen LogP contribution in [0.4, 0.5) is 0 Å². The molecule has 0 aromatic carbocycles. The highest BCUT2D eigenvalue weighted by Gasteiger charge is 2.37. The zero-order valence-corrected chi connectivity index (χ0v) is 15.4. The summed E-state index contributed by atoms with van der Waals surface area (Å²) < 4.78 is 11.2. The van der Waals surface area contributed by atoms with Gasteiger partial charge in [-0.25, -0.2) is 0 Å². The maximum atomic E-state index is 5.94. The summed E-state index contributed by atoms with van der Waals surface area (Å²) in [6.07, 6.45) is 5.21. The summed E-state index contributed by atoms with van der Waals surface area (Å²) in [5, 5.41) is 5.77. The molecule has 1 heterocycles. The first-order chi connectivity index (χ1) is 9.00. The molecule has 1 rings (SSSR count). The Labute approximate surface area is 122 Å². The molecule has 0 aromatic rings. The molecular weight excluding hydrogens is 272 g/mol. The quantitative estimate of drug-likeness (QED) is 0.739. The largest absolute Gasteiger partial charge is 0.394 e. The maximum Gasteiger partial charge on any atom is 0.352 e. The Kier molecular flexibility index (Phi) is 11.1. The molecule has 0 bridgehead atoms. The van der Waals surface area contributed by atoms with E-state index in [-0.39, 0.29) is 5.67 Å². The standard InChI is InChI=1S/C8H21NO2Si.C5H13NSi/c1-5-8(9)12(4,10-6-2)11-7-3;6-7-4-2-1-3-5-7/h8H,5-7,9H2,1-4H3;7H,1-6H2. The normalized spacial score (nSPS) is 18.6. The van der Waals surface area contributed by atoms with Crippen LogP contribution >= 0.6 is 0 Å². The van der Waals surface area contributed by atoms with E-state index in [0.29, 0.717) is 13.2 Å². The van der Waals surface area contributed by atoms with Crippen molar-refractivity contribution >= 4 is 17.5 Å². The van der Waals surface area contributed by atoms with E-state index in [2.05, 4.69) is 6.92 Å². The monoisotopic (exact) mass is 306 g/mol. The second kappa shape index (κ2) is 11.0. The van der Waals surface area contributed by atoms with Gasteiger partial charge in [-0.05, 0) is 38.9 Å². The van der Waals surface area contributed by atoms with Crippen LogP contribution in [0.1, 0.15) is 46.5 Å². The molecule has 0 amide bonds. The Morgan fingerprint density at radius 3 is 1.79 bits per heavy atom. The fourth-order valence-electron chi connectivity index (χ4n) is 2.33. The Bertz CT molecular complexity index is 209. The molecule has 0 aromatic heterocycles. The van der Waals surface area contributed by atoms with Gasteiger partial charge in [-0.15, -0.1) is 0 Å². The van der Waals surface area contributed by atoms with Gasteiger partial charge in [0.15, 0.2) is 0 Å². The van der Waals surface area contributed by atoms with E-state index in [1.807, 2.05) is 20.4 Å². The summed E-state index contributed by atoms with van der Waals surface area (Å²) in [6.45, 7) is 9.44. The molecule has 1 aliphatic rings. The summed E-state index contributed by atoms with van der Waals surface area (Å²) in [5.74, 6) is 0. The van der Waals surface area contributed by atoms with Gasteiger partial charge >= 0.3 is 8.56 Å². The minimum Gasteiger partial charge on any atom is -0.394 e. The van der Waals surface area contributed by atoms with Crippen molar-refractivity contribution in [2.24, 2.45) is 11.1 Å². The topological polar surface area (TPSA) is 70.5 Å². The molecule has 1 saturated heterocycles. The van der Waals surface area contributed by atoms with Crippen molar-refractivity contribution in [3.8, 4) is 0 Å². The second-order valence-corrected chi connectivity index (χ2v) is 11.3. The van der Waals surface area contributed by atoms with Crippen LogP contribution in [0.25, 0.3) is 0 Å². The molecule has 1 unspecified atom stereocenters. The minimum absolute atomic E-state index is 0.0809. The van der Waals surface area contributed by atoms with Crippen molar-refractivity contribution in [2.75, 3.05) is 13.2 Å². The van der Waals surface area contributed by atoms with E-state index < -0.39 is 17.5 Å². The Hall–Kier alpha value is 0.274. The Morgan fingerprint density at radius 2 is 1.53 bits per heavy atom. The average Bonchev–Trinajstić information content (AvgIpc) is 2.40. The molecule has 6 heteroatoms. The van der Waals surface area contributed by atoms with Gasteiger partial charge in [0.1, 0.15) is 8.96 Å². The molecule has 1 fully saturated rings. The van der Waals surface area contributed by atoms with Gasteiger partial charge in [0.2, 0.25) is 0 Å². The summed E-state index contributed by atoms with van der Waals surface area (Å²) >= 11 is 0. The van der Waals surface area contributed by atoms with Gasteiger partial charge in [0.05, 0.1) is 0 Å². The molecule has 1 aliphatic heterocycles. The van der Waals surface area contributed by atoms with E-state index in [4.69, 9.17) is 20.0 Å². The molecule has 1 atom stereocenters. The lowest BCUT2D eigenvalue weighted by molar-refractivity contribution is 0.179. The predicted molar refractivity (Wildman–Crippen MR) is 87.9 cm³/mol. The highest BCUT2D eigenvalue weighted by Crippen LogP contribution is 2.14. The average molecular weight is 307 g/mol. The molecule has 4 N–H and O–H groups in total. The van der Waals surface area contributed by atoms with Gasteiger partial charge in [-0.1, -0.05) is 26.2 Å². The van der Waals surface area contributed by atoms with Crippen molar-refractivity contribution in [1.29, 1.82) is 0 Å². The Balaban J connectivity index is 0.000000388. The zero-order valence-electron chi connectivity index (χ0n) is 13.3. The number of hydrogen-bond donors (Lipinski definition) is 2. The summed E-state index contributed by atoms with van der Waals surface area (Å²) in [5.41, 5.74) is 6.02. The first-order valence-corrected chi connectivity index (χ1v) is 12.5. The summed E-state index contributed by atoms with van der Waals surface area (Å²) in [6, 6.07) is 2.81.